The van der Waals surface area contributed by atoms with E-state index in [9.17, 15) is 9.18 Å². The van der Waals surface area contributed by atoms with E-state index in [1.165, 1.54) is 33.0 Å². The van der Waals surface area contributed by atoms with E-state index in [1.807, 2.05) is 28.0 Å². The molecular formula is C32H30FN3OS. The summed E-state index contributed by atoms with van der Waals surface area (Å²) in [6.45, 7) is 3.24. The zero-order valence-corrected chi connectivity index (χ0v) is 22.0. The zero-order chi connectivity index (χ0) is 25.9. The van der Waals surface area contributed by atoms with Gasteiger partial charge in [0, 0.05) is 67.0 Å². The van der Waals surface area contributed by atoms with Crippen LogP contribution in [0.1, 0.15) is 28.3 Å². The topological polar surface area (TPSA) is 28.5 Å². The quantitative estimate of drug-likeness (QED) is 0.236. The summed E-state index contributed by atoms with van der Waals surface area (Å²) in [6.07, 6.45) is 2.66. The number of piperazine rings is 1. The molecule has 6 rings (SSSR count). The monoisotopic (exact) mass is 523 g/mol. The summed E-state index contributed by atoms with van der Waals surface area (Å²) in [6, 6.07) is 30.0. The molecule has 0 spiro atoms. The molecule has 6 heteroatoms. The van der Waals surface area contributed by atoms with Crippen LogP contribution in [-0.2, 0) is 11.3 Å². The lowest BCUT2D eigenvalue weighted by Gasteiger charge is -2.36. The number of halogens is 1. The molecule has 1 aliphatic rings. The molecule has 38 heavy (non-hydrogen) atoms. The third kappa shape index (κ3) is 4.96. The molecule has 1 unspecified atom stereocenters. The summed E-state index contributed by atoms with van der Waals surface area (Å²) < 4.78 is 16.6. The number of hydrogen-bond donors (Lipinski definition) is 0. The van der Waals surface area contributed by atoms with Crippen molar-refractivity contribution in [1.29, 1.82) is 0 Å². The first-order valence-corrected chi connectivity index (χ1v) is 14.0. The van der Waals surface area contributed by atoms with Gasteiger partial charge in [0.15, 0.2) is 0 Å². The maximum absolute atomic E-state index is 14.3. The molecule has 1 saturated heterocycles. The molecule has 0 bridgehead atoms. The number of para-hydroxylation sites is 2. The van der Waals surface area contributed by atoms with Gasteiger partial charge in [0.1, 0.15) is 5.82 Å². The van der Waals surface area contributed by atoms with E-state index in [0.717, 1.165) is 6.54 Å². The highest BCUT2D eigenvalue weighted by molar-refractivity contribution is 7.10. The van der Waals surface area contributed by atoms with Crippen LogP contribution in [0.5, 0.6) is 0 Å². The molecule has 0 radical (unpaired) electrons. The molecule has 1 amide bonds. The second kappa shape index (κ2) is 10.8. The lowest BCUT2D eigenvalue weighted by atomic mass is 9.93. The Balaban J connectivity index is 1.25. The van der Waals surface area contributed by atoms with Gasteiger partial charge >= 0.3 is 0 Å². The Hall–Kier alpha value is -3.90. The normalized spacial score (nSPS) is 14.7. The van der Waals surface area contributed by atoms with Crippen LogP contribution >= 0.6 is 11.3 Å². The highest BCUT2D eigenvalue weighted by atomic mass is 32.1. The molecular weight excluding hydrogens is 493 g/mol. The van der Waals surface area contributed by atoms with E-state index >= 15 is 0 Å². The minimum absolute atomic E-state index is 0.0194. The van der Waals surface area contributed by atoms with Crippen LogP contribution in [0.3, 0.4) is 0 Å². The first-order chi connectivity index (χ1) is 18.7. The van der Waals surface area contributed by atoms with Crippen LogP contribution in [0.15, 0.2) is 103 Å². The van der Waals surface area contributed by atoms with E-state index in [1.54, 1.807) is 17.4 Å². The number of aromatic nitrogens is 1. The fourth-order valence-electron chi connectivity index (χ4n) is 5.53. The van der Waals surface area contributed by atoms with E-state index in [0.29, 0.717) is 38.3 Å². The third-order valence-corrected chi connectivity index (χ3v) is 8.47. The Morgan fingerprint density at radius 1 is 0.842 bits per heavy atom. The van der Waals surface area contributed by atoms with Crippen LogP contribution in [-0.4, -0.2) is 41.6 Å². The summed E-state index contributed by atoms with van der Waals surface area (Å²) in [5, 5.41) is 3.28. The van der Waals surface area contributed by atoms with Gasteiger partial charge in [0.25, 0.3) is 0 Å². The second-order valence-electron chi connectivity index (χ2n) is 9.81. The van der Waals surface area contributed by atoms with E-state index in [-0.39, 0.29) is 17.6 Å². The van der Waals surface area contributed by atoms with Crippen molar-refractivity contribution in [2.75, 3.05) is 31.1 Å². The molecule has 0 aliphatic carbocycles. The summed E-state index contributed by atoms with van der Waals surface area (Å²) >= 11 is 1.71. The SMILES string of the molecule is O=C(CC(c1cccs1)c1cn(Cc2ccccc2)c2ccccc12)N1CCN(c2ccccc2F)CC1. The van der Waals surface area contributed by atoms with Crippen molar-refractivity contribution in [3.8, 4) is 0 Å². The van der Waals surface area contributed by atoms with Crippen LogP contribution in [0.25, 0.3) is 10.9 Å². The number of nitrogens with zero attached hydrogens (tertiary/aromatic N) is 3. The number of hydrogen-bond acceptors (Lipinski definition) is 3. The summed E-state index contributed by atoms with van der Waals surface area (Å²) in [5.74, 6) is -0.0811. The van der Waals surface area contributed by atoms with Crippen LogP contribution < -0.4 is 4.90 Å². The van der Waals surface area contributed by atoms with Gasteiger partial charge in [-0.05, 0) is 40.8 Å². The van der Waals surface area contributed by atoms with Crippen LogP contribution in [0, 0.1) is 5.82 Å². The summed E-state index contributed by atoms with van der Waals surface area (Å²) in [7, 11) is 0. The molecule has 0 saturated carbocycles. The van der Waals surface area contributed by atoms with E-state index in [4.69, 9.17) is 0 Å². The van der Waals surface area contributed by atoms with Crippen molar-refractivity contribution >= 4 is 33.8 Å². The minimum atomic E-state index is -0.211. The number of rotatable bonds is 7. The zero-order valence-electron chi connectivity index (χ0n) is 21.2. The number of carbonyl (C=O) groups is 1. The molecule has 3 aromatic carbocycles. The molecule has 1 atom stereocenters. The minimum Gasteiger partial charge on any atom is -0.366 e. The van der Waals surface area contributed by atoms with Gasteiger partial charge in [0.05, 0.1) is 5.69 Å². The Morgan fingerprint density at radius 2 is 1.58 bits per heavy atom. The highest BCUT2D eigenvalue weighted by Gasteiger charge is 2.28. The van der Waals surface area contributed by atoms with Gasteiger partial charge < -0.3 is 14.4 Å². The number of amides is 1. The van der Waals surface area contributed by atoms with Gasteiger partial charge in [-0.15, -0.1) is 11.3 Å². The highest BCUT2D eigenvalue weighted by Crippen LogP contribution is 2.37. The predicted molar refractivity (Wildman–Crippen MR) is 153 cm³/mol. The van der Waals surface area contributed by atoms with Crippen LogP contribution in [0.4, 0.5) is 10.1 Å². The summed E-state index contributed by atoms with van der Waals surface area (Å²) in [4.78, 5) is 18.8. The second-order valence-corrected chi connectivity index (χ2v) is 10.8. The van der Waals surface area contributed by atoms with Crippen molar-refractivity contribution in [3.05, 3.63) is 124 Å². The molecule has 5 aromatic rings. The number of anilines is 1. The number of carbonyl (C=O) groups excluding carboxylic acids is 1. The first-order valence-electron chi connectivity index (χ1n) is 13.1. The molecule has 2 aromatic heterocycles. The maximum atomic E-state index is 14.3. The van der Waals surface area contributed by atoms with Crippen molar-refractivity contribution in [2.24, 2.45) is 0 Å². The van der Waals surface area contributed by atoms with Crippen molar-refractivity contribution in [3.63, 3.8) is 0 Å². The Bertz CT molecular complexity index is 1520. The smallest absolute Gasteiger partial charge is 0.223 e. The molecule has 1 aliphatic heterocycles. The van der Waals surface area contributed by atoms with Gasteiger partial charge in [-0.2, -0.15) is 0 Å². The lowest BCUT2D eigenvalue weighted by molar-refractivity contribution is -0.131. The van der Waals surface area contributed by atoms with Crippen molar-refractivity contribution in [1.82, 2.24) is 9.47 Å². The Morgan fingerprint density at radius 3 is 2.34 bits per heavy atom. The largest absolute Gasteiger partial charge is 0.366 e. The maximum Gasteiger partial charge on any atom is 0.223 e. The Kier molecular flexibility index (Phi) is 6.97. The van der Waals surface area contributed by atoms with Crippen molar-refractivity contribution in [2.45, 2.75) is 18.9 Å². The van der Waals surface area contributed by atoms with E-state index < -0.39 is 0 Å². The number of fused-ring (bicyclic) bond motifs is 1. The molecule has 0 N–H and O–H groups in total. The number of benzene rings is 3. The third-order valence-electron chi connectivity index (χ3n) is 7.48. The summed E-state index contributed by atoms with van der Waals surface area (Å²) in [5.41, 5.74) is 4.23. The van der Waals surface area contributed by atoms with Gasteiger partial charge in [-0.1, -0.05) is 66.7 Å². The first kappa shape index (κ1) is 24.4. The average Bonchev–Trinajstić information content (AvgIpc) is 3.62. The van der Waals surface area contributed by atoms with Gasteiger partial charge in [-0.3, -0.25) is 4.79 Å². The predicted octanol–water partition coefficient (Wildman–Crippen LogP) is 6.76. The van der Waals surface area contributed by atoms with Crippen molar-refractivity contribution < 1.29 is 9.18 Å². The van der Waals surface area contributed by atoms with Crippen LogP contribution in [0.2, 0.25) is 0 Å². The fraction of sp³-hybridized carbons (Fsp3) is 0.219. The molecule has 1 fully saturated rings. The standard InChI is InChI=1S/C32H30FN3OS/c33-28-12-5-7-14-30(28)34-16-18-35(19-17-34)32(37)21-26(31-15-8-20-38-31)27-23-36(22-24-9-2-1-3-10-24)29-13-6-4-11-25(27)29/h1-15,20,23,26H,16-19,21-22H2. The van der Waals surface area contributed by atoms with Gasteiger partial charge in [0.2, 0.25) is 5.91 Å². The number of thiophene rings is 1. The average molecular weight is 524 g/mol. The van der Waals surface area contributed by atoms with Gasteiger partial charge in [-0.25, -0.2) is 4.39 Å². The fourth-order valence-corrected chi connectivity index (χ4v) is 6.37. The lowest BCUT2D eigenvalue weighted by Crippen LogP contribution is -2.49. The molecule has 4 nitrogen and oxygen atoms in total. The Labute approximate surface area is 226 Å². The van der Waals surface area contributed by atoms with E-state index in [2.05, 4.69) is 76.8 Å². The molecule has 192 valence electrons. The molecule has 3 heterocycles.